The van der Waals surface area contributed by atoms with Crippen molar-refractivity contribution in [3.8, 4) is 23.0 Å². The number of hydrogen-bond donors (Lipinski definition) is 1. The van der Waals surface area contributed by atoms with Gasteiger partial charge in [0, 0.05) is 13.0 Å². The summed E-state index contributed by atoms with van der Waals surface area (Å²) in [4.78, 5) is 12.0. The maximum Gasteiger partial charge on any atom is 0.231 e. The highest BCUT2D eigenvalue weighted by Gasteiger charge is 2.13. The molecule has 0 unspecified atom stereocenters. The Morgan fingerprint density at radius 2 is 1.70 bits per heavy atom. The first-order chi connectivity index (χ1) is 13.2. The fourth-order valence-corrected chi connectivity index (χ4v) is 3.02. The quantitative estimate of drug-likeness (QED) is 0.734. The molecule has 144 valence electrons. The van der Waals surface area contributed by atoms with E-state index in [1.165, 1.54) is 0 Å². The lowest BCUT2D eigenvalue weighted by Crippen LogP contribution is -2.25. The Hall–Kier alpha value is -2.89. The van der Waals surface area contributed by atoms with Crippen molar-refractivity contribution >= 4 is 5.91 Å². The van der Waals surface area contributed by atoms with Crippen LogP contribution in [0.3, 0.4) is 0 Å². The summed E-state index contributed by atoms with van der Waals surface area (Å²) in [5.41, 5.74) is 2.24. The van der Waals surface area contributed by atoms with E-state index in [0.29, 0.717) is 24.5 Å². The first kappa shape index (κ1) is 18.9. The minimum atomic E-state index is 0.0659. The van der Waals surface area contributed by atoms with Crippen molar-refractivity contribution in [3.63, 3.8) is 0 Å². The molecule has 6 nitrogen and oxygen atoms in total. The van der Waals surface area contributed by atoms with Crippen LogP contribution in [0.1, 0.15) is 24.0 Å². The fourth-order valence-electron chi connectivity index (χ4n) is 3.02. The minimum absolute atomic E-state index is 0.0659. The number of nitrogens with one attached hydrogen (secondary N) is 1. The van der Waals surface area contributed by atoms with Gasteiger partial charge < -0.3 is 24.3 Å². The predicted octanol–water partition coefficient (Wildman–Crippen LogP) is 3.11. The van der Waals surface area contributed by atoms with Gasteiger partial charge in [-0.25, -0.2) is 0 Å². The first-order valence-electron chi connectivity index (χ1n) is 9.05. The molecule has 0 saturated carbocycles. The summed E-state index contributed by atoms with van der Waals surface area (Å²) >= 11 is 0. The number of fused-ring (bicyclic) bond motifs is 1. The lowest BCUT2D eigenvalue weighted by atomic mass is 10.1. The summed E-state index contributed by atoms with van der Waals surface area (Å²) in [6.45, 7) is 0.879. The molecule has 0 bridgehead atoms. The Balaban J connectivity index is 1.37. The molecule has 1 aliphatic rings. The Labute approximate surface area is 159 Å². The number of ether oxygens (including phenoxy) is 4. The van der Waals surface area contributed by atoms with Gasteiger partial charge in [-0.15, -0.1) is 0 Å². The Morgan fingerprint density at radius 3 is 2.52 bits per heavy atom. The number of aryl methyl sites for hydroxylation is 1. The molecular weight excluding hydrogens is 346 g/mol. The molecule has 2 aromatic carbocycles. The van der Waals surface area contributed by atoms with Crippen molar-refractivity contribution in [2.45, 2.75) is 25.7 Å². The lowest BCUT2D eigenvalue weighted by Gasteiger charge is -2.10. The summed E-state index contributed by atoms with van der Waals surface area (Å²) in [7, 11) is 3.24. The van der Waals surface area contributed by atoms with Crippen LogP contribution in [0.5, 0.6) is 23.0 Å². The Bertz CT molecular complexity index is 790. The van der Waals surface area contributed by atoms with Crippen molar-refractivity contribution in [1.29, 1.82) is 0 Å². The summed E-state index contributed by atoms with van der Waals surface area (Å²) < 4.78 is 21.2. The highest BCUT2D eigenvalue weighted by molar-refractivity contribution is 5.75. The number of methoxy groups -OCH3 is 2. The van der Waals surface area contributed by atoms with Crippen LogP contribution in [-0.2, 0) is 17.6 Å². The average Bonchev–Trinajstić information content (AvgIpc) is 3.15. The van der Waals surface area contributed by atoms with Crippen LogP contribution in [0.4, 0.5) is 0 Å². The molecular formula is C21H25NO5. The van der Waals surface area contributed by atoms with Gasteiger partial charge in [0.25, 0.3) is 0 Å². The summed E-state index contributed by atoms with van der Waals surface area (Å²) in [5, 5.41) is 2.97. The van der Waals surface area contributed by atoms with Crippen LogP contribution in [0.25, 0.3) is 0 Å². The van der Waals surface area contributed by atoms with Crippen molar-refractivity contribution in [2.24, 2.45) is 0 Å². The van der Waals surface area contributed by atoms with Crippen molar-refractivity contribution in [1.82, 2.24) is 5.32 Å². The van der Waals surface area contributed by atoms with E-state index < -0.39 is 0 Å². The number of benzene rings is 2. The van der Waals surface area contributed by atoms with Crippen LogP contribution in [0.2, 0.25) is 0 Å². The second-order valence-electron chi connectivity index (χ2n) is 6.33. The predicted molar refractivity (Wildman–Crippen MR) is 102 cm³/mol. The van der Waals surface area contributed by atoms with E-state index >= 15 is 0 Å². The third-order valence-electron chi connectivity index (χ3n) is 4.49. The van der Waals surface area contributed by atoms with Crippen molar-refractivity contribution in [3.05, 3.63) is 47.5 Å². The topological polar surface area (TPSA) is 66.0 Å². The molecule has 6 heteroatoms. The maximum absolute atomic E-state index is 12.0. The molecule has 0 aliphatic carbocycles. The van der Waals surface area contributed by atoms with E-state index in [1.807, 2.05) is 36.4 Å². The molecule has 0 saturated heterocycles. The smallest absolute Gasteiger partial charge is 0.231 e. The number of carbonyl (C=O) groups excluding carboxylic acids is 1. The molecule has 1 amide bonds. The summed E-state index contributed by atoms with van der Waals surface area (Å²) in [5.74, 6) is 3.04. The fraction of sp³-hybridized carbons (Fsp3) is 0.381. The number of rotatable bonds is 9. The van der Waals surface area contributed by atoms with Gasteiger partial charge >= 0.3 is 0 Å². The largest absolute Gasteiger partial charge is 0.493 e. The minimum Gasteiger partial charge on any atom is -0.493 e. The molecule has 0 spiro atoms. The Kier molecular flexibility index (Phi) is 6.41. The average molecular weight is 371 g/mol. The van der Waals surface area contributed by atoms with E-state index in [0.717, 1.165) is 41.9 Å². The number of amides is 1. The van der Waals surface area contributed by atoms with E-state index in [4.69, 9.17) is 18.9 Å². The van der Waals surface area contributed by atoms with Gasteiger partial charge in [0.15, 0.2) is 23.0 Å². The van der Waals surface area contributed by atoms with Gasteiger partial charge in [0.2, 0.25) is 12.7 Å². The zero-order chi connectivity index (χ0) is 19.1. The molecule has 1 heterocycles. The van der Waals surface area contributed by atoms with Gasteiger partial charge in [-0.05, 0) is 54.7 Å². The van der Waals surface area contributed by atoms with Gasteiger partial charge in [0.1, 0.15) is 0 Å². The molecule has 1 N–H and O–H groups in total. The van der Waals surface area contributed by atoms with Crippen LogP contribution in [0.15, 0.2) is 36.4 Å². The van der Waals surface area contributed by atoms with Crippen LogP contribution < -0.4 is 24.3 Å². The monoisotopic (exact) mass is 371 g/mol. The maximum atomic E-state index is 12.0. The molecule has 0 radical (unpaired) electrons. The van der Waals surface area contributed by atoms with Gasteiger partial charge in [0.05, 0.1) is 14.2 Å². The highest BCUT2D eigenvalue weighted by Crippen LogP contribution is 2.32. The first-order valence-corrected chi connectivity index (χ1v) is 9.05. The normalized spacial score (nSPS) is 11.9. The number of carbonyl (C=O) groups is 1. The second kappa shape index (κ2) is 9.16. The SMILES string of the molecule is COc1ccc(CCCC(=O)NCCc2ccc3c(c2)OCO3)cc1OC. The Morgan fingerprint density at radius 1 is 0.963 bits per heavy atom. The lowest BCUT2D eigenvalue weighted by molar-refractivity contribution is -0.121. The molecule has 3 rings (SSSR count). The van der Waals surface area contributed by atoms with Crippen LogP contribution >= 0.6 is 0 Å². The van der Waals surface area contributed by atoms with Crippen molar-refractivity contribution in [2.75, 3.05) is 27.6 Å². The molecule has 0 atom stereocenters. The molecule has 1 aliphatic heterocycles. The number of hydrogen-bond acceptors (Lipinski definition) is 5. The second-order valence-corrected chi connectivity index (χ2v) is 6.33. The van der Waals surface area contributed by atoms with E-state index in [-0.39, 0.29) is 12.7 Å². The summed E-state index contributed by atoms with van der Waals surface area (Å²) in [6.07, 6.45) is 2.86. The van der Waals surface area contributed by atoms with Gasteiger partial charge in [-0.2, -0.15) is 0 Å². The summed E-state index contributed by atoms with van der Waals surface area (Å²) in [6, 6.07) is 11.7. The van der Waals surface area contributed by atoms with Gasteiger partial charge in [-0.1, -0.05) is 12.1 Å². The van der Waals surface area contributed by atoms with E-state index in [9.17, 15) is 4.79 Å². The van der Waals surface area contributed by atoms with Gasteiger partial charge in [-0.3, -0.25) is 4.79 Å². The third kappa shape index (κ3) is 5.06. The molecule has 0 fully saturated rings. The van der Waals surface area contributed by atoms with Crippen LogP contribution in [0, 0.1) is 0 Å². The molecule has 0 aromatic heterocycles. The highest BCUT2D eigenvalue weighted by atomic mass is 16.7. The molecule has 2 aromatic rings. The van der Waals surface area contributed by atoms with Crippen molar-refractivity contribution < 1.29 is 23.7 Å². The third-order valence-corrected chi connectivity index (χ3v) is 4.49. The van der Waals surface area contributed by atoms with E-state index in [1.54, 1.807) is 14.2 Å². The van der Waals surface area contributed by atoms with Crippen LogP contribution in [-0.4, -0.2) is 33.5 Å². The molecule has 27 heavy (non-hydrogen) atoms. The zero-order valence-electron chi connectivity index (χ0n) is 15.7. The standard InChI is InChI=1S/C21H25NO5/c1-24-17-8-6-15(12-19(17)25-2)4-3-5-21(23)22-11-10-16-7-9-18-20(13-16)27-14-26-18/h6-9,12-13H,3-5,10-11,14H2,1-2H3,(H,22,23). The zero-order valence-corrected chi connectivity index (χ0v) is 15.7. The van der Waals surface area contributed by atoms with E-state index in [2.05, 4.69) is 5.32 Å².